The zero-order valence-electron chi connectivity index (χ0n) is 14.0. The molecule has 1 amide bonds. The average Bonchev–Trinajstić information content (AvgIpc) is 2.94. The summed E-state index contributed by atoms with van der Waals surface area (Å²) in [5.74, 6) is 0.672. The van der Waals surface area contributed by atoms with Crippen LogP contribution in [-0.4, -0.2) is 28.4 Å². The summed E-state index contributed by atoms with van der Waals surface area (Å²) in [7, 11) is 0. The number of carbonyl (C=O) groups excluding carboxylic acids is 1. The van der Waals surface area contributed by atoms with Gasteiger partial charge in [-0.1, -0.05) is 20.8 Å². The van der Waals surface area contributed by atoms with Gasteiger partial charge in [0.25, 0.3) is 5.91 Å². The molecule has 1 atom stereocenters. The van der Waals surface area contributed by atoms with Crippen molar-refractivity contribution in [1.82, 2.24) is 9.78 Å². The van der Waals surface area contributed by atoms with Crippen LogP contribution in [0.5, 0.6) is 0 Å². The largest absolute Gasteiger partial charge is 0.368 e. The van der Waals surface area contributed by atoms with Crippen LogP contribution in [0.3, 0.4) is 0 Å². The van der Waals surface area contributed by atoms with Crippen molar-refractivity contribution in [3.63, 3.8) is 0 Å². The van der Waals surface area contributed by atoms with E-state index in [-0.39, 0.29) is 23.0 Å². The SMILES string of the molecule is CC(C)(C)c1cc(NC(=O)[C@H]2CCCO2)n(C(C)(C)C)n1. The number of anilines is 1. The second-order valence-corrected chi connectivity index (χ2v) is 7.74. The van der Waals surface area contributed by atoms with Crippen molar-refractivity contribution in [3.8, 4) is 0 Å². The minimum absolute atomic E-state index is 0.0557. The molecule has 0 spiro atoms. The Morgan fingerprint density at radius 2 is 2.00 bits per heavy atom. The highest BCUT2D eigenvalue weighted by Gasteiger charge is 2.28. The molecular formula is C16H27N3O2. The Labute approximate surface area is 127 Å². The van der Waals surface area contributed by atoms with Crippen molar-refractivity contribution < 1.29 is 9.53 Å². The molecule has 2 rings (SSSR count). The smallest absolute Gasteiger partial charge is 0.254 e. The maximum absolute atomic E-state index is 12.3. The number of hydrogen-bond donors (Lipinski definition) is 1. The monoisotopic (exact) mass is 293 g/mol. The van der Waals surface area contributed by atoms with Crippen molar-refractivity contribution >= 4 is 11.7 Å². The lowest BCUT2D eigenvalue weighted by atomic mass is 9.92. The van der Waals surface area contributed by atoms with Crippen LogP contribution in [0, 0.1) is 0 Å². The maximum atomic E-state index is 12.3. The van der Waals surface area contributed by atoms with E-state index in [4.69, 9.17) is 9.84 Å². The number of aromatic nitrogens is 2. The number of rotatable bonds is 2. The summed E-state index contributed by atoms with van der Waals surface area (Å²) in [5, 5.41) is 7.68. The molecule has 21 heavy (non-hydrogen) atoms. The Hall–Kier alpha value is -1.36. The normalized spacial score (nSPS) is 19.8. The number of hydrogen-bond acceptors (Lipinski definition) is 3. The summed E-state index contributed by atoms with van der Waals surface area (Å²) in [6, 6.07) is 1.97. The molecule has 1 aromatic rings. The van der Waals surface area contributed by atoms with Gasteiger partial charge in [0.15, 0.2) is 0 Å². The molecule has 2 heterocycles. The molecule has 0 bridgehead atoms. The summed E-state index contributed by atoms with van der Waals surface area (Å²) in [6.07, 6.45) is 1.41. The van der Waals surface area contributed by atoms with Crippen LogP contribution >= 0.6 is 0 Å². The first-order valence-electron chi connectivity index (χ1n) is 7.62. The van der Waals surface area contributed by atoms with Gasteiger partial charge in [0.2, 0.25) is 0 Å². The van der Waals surface area contributed by atoms with Crippen LogP contribution in [0.2, 0.25) is 0 Å². The Morgan fingerprint density at radius 1 is 1.33 bits per heavy atom. The van der Waals surface area contributed by atoms with Gasteiger partial charge in [-0.25, -0.2) is 4.68 Å². The third kappa shape index (κ3) is 3.64. The minimum atomic E-state index is -0.327. The van der Waals surface area contributed by atoms with E-state index >= 15 is 0 Å². The van der Waals surface area contributed by atoms with Crippen LogP contribution in [0.25, 0.3) is 0 Å². The molecule has 5 nitrogen and oxygen atoms in total. The standard InChI is InChI=1S/C16H27N3O2/c1-15(2,3)12-10-13(19(18-12)16(4,5)6)17-14(20)11-8-7-9-21-11/h10-11H,7-9H2,1-6H3,(H,17,20)/t11-/m1/s1. The fraction of sp³-hybridized carbons (Fsp3) is 0.750. The first-order valence-corrected chi connectivity index (χ1v) is 7.62. The number of carbonyl (C=O) groups is 1. The second kappa shape index (κ2) is 5.44. The molecule has 1 fully saturated rings. The lowest BCUT2D eigenvalue weighted by molar-refractivity contribution is -0.124. The number of nitrogens with one attached hydrogen (secondary N) is 1. The van der Waals surface area contributed by atoms with Crippen molar-refractivity contribution in [2.24, 2.45) is 0 Å². The number of nitrogens with zero attached hydrogens (tertiary/aromatic N) is 2. The first-order chi connectivity index (χ1) is 9.59. The van der Waals surface area contributed by atoms with Gasteiger partial charge in [-0.3, -0.25) is 4.79 Å². The molecule has 1 aliphatic rings. The van der Waals surface area contributed by atoms with E-state index in [9.17, 15) is 4.79 Å². The van der Waals surface area contributed by atoms with Crippen LogP contribution in [0.15, 0.2) is 6.07 Å². The zero-order chi connectivity index (χ0) is 15.8. The van der Waals surface area contributed by atoms with Crippen LogP contribution < -0.4 is 5.32 Å². The zero-order valence-corrected chi connectivity index (χ0v) is 14.0. The van der Waals surface area contributed by atoms with E-state index < -0.39 is 0 Å². The molecule has 1 N–H and O–H groups in total. The molecule has 1 aliphatic heterocycles. The first kappa shape index (κ1) is 16.0. The second-order valence-electron chi connectivity index (χ2n) is 7.74. The Balaban J connectivity index is 2.28. The van der Waals surface area contributed by atoms with Crippen LogP contribution in [0.4, 0.5) is 5.82 Å². The van der Waals surface area contributed by atoms with Gasteiger partial charge in [0, 0.05) is 18.1 Å². The van der Waals surface area contributed by atoms with E-state index in [1.165, 1.54) is 0 Å². The molecule has 5 heteroatoms. The highest BCUT2D eigenvalue weighted by molar-refractivity contribution is 5.93. The Bertz CT molecular complexity index is 515. The Morgan fingerprint density at radius 3 is 2.48 bits per heavy atom. The van der Waals surface area contributed by atoms with Gasteiger partial charge >= 0.3 is 0 Å². The van der Waals surface area contributed by atoms with Crippen molar-refractivity contribution in [1.29, 1.82) is 0 Å². The molecule has 0 radical (unpaired) electrons. The molecule has 0 saturated carbocycles. The van der Waals surface area contributed by atoms with Gasteiger partial charge in [-0.15, -0.1) is 0 Å². The lowest BCUT2D eigenvalue weighted by Gasteiger charge is -2.23. The lowest BCUT2D eigenvalue weighted by Crippen LogP contribution is -2.31. The average molecular weight is 293 g/mol. The molecule has 0 aromatic carbocycles. The summed E-state index contributed by atoms with van der Waals surface area (Å²) in [6.45, 7) is 13.3. The van der Waals surface area contributed by atoms with Gasteiger partial charge in [0.05, 0.1) is 11.2 Å². The predicted molar refractivity (Wildman–Crippen MR) is 83.5 cm³/mol. The third-order valence-corrected chi connectivity index (χ3v) is 3.59. The molecular weight excluding hydrogens is 266 g/mol. The Kier molecular flexibility index (Phi) is 4.15. The van der Waals surface area contributed by atoms with Gasteiger partial charge in [0.1, 0.15) is 11.9 Å². The highest BCUT2D eigenvalue weighted by atomic mass is 16.5. The summed E-state index contributed by atoms with van der Waals surface area (Å²) in [4.78, 5) is 12.3. The number of amides is 1. The topological polar surface area (TPSA) is 56.1 Å². The molecule has 1 aromatic heterocycles. The fourth-order valence-corrected chi connectivity index (χ4v) is 2.34. The van der Waals surface area contributed by atoms with Crippen molar-refractivity contribution in [3.05, 3.63) is 11.8 Å². The van der Waals surface area contributed by atoms with Gasteiger partial charge in [-0.2, -0.15) is 5.10 Å². The maximum Gasteiger partial charge on any atom is 0.254 e. The van der Waals surface area contributed by atoms with Crippen LogP contribution in [-0.2, 0) is 20.5 Å². The summed E-state index contributed by atoms with van der Waals surface area (Å²) in [5.41, 5.74) is 0.725. The van der Waals surface area contributed by atoms with E-state index in [2.05, 4.69) is 46.9 Å². The van der Waals surface area contributed by atoms with E-state index in [1.54, 1.807) is 0 Å². The highest BCUT2D eigenvalue weighted by Crippen LogP contribution is 2.28. The van der Waals surface area contributed by atoms with Crippen molar-refractivity contribution in [2.45, 2.75) is 71.4 Å². The molecule has 118 valence electrons. The molecule has 1 saturated heterocycles. The van der Waals surface area contributed by atoms with Gasteiger partial charge < -0.3 is 10.1 Å². The molecule has 0 unspecified atom stereocenters. The predicted octanol–water partition coefficient (Wildman–Crippen LogP) is 3.05. The van der Waals surface area contributed by atoms with Gasteiger partial charge in [-0.05, 0) is 33.6 Å². The van der Waals surface area contributed by atoms with Crippen molar-refractivity contribution in [2.75, 3.05) is 11.9 Å². The van der Waals surface area contributed by atoms with Crippen LogP contribution in [0.1, 0.15) is 60.1 Å². The number of ether oxygens (including phenoxy) is 1. The quantitative estimate of drug-likeness (QED) is 0.911. The molecule has 0 aliphatic carbocycles. The third-order valence-electron chi connectivity index (χ3n) is 3.59. The van der Waals surface area contributed by atoms with E-state index in [0.29, 0.717) is 6.61 Å². The minimum Gasteiger partial charge on any atom is -0.368 e. The van der Waals surface area contributed by atoms with E-state index in [1.807, 2.05) is 10.7 Å². The summed E-state index contributed by atoms with van der Waals surface area (Å²) < 4.78 is 7.33. The fourth-order valence-electron chi connectivity index (χ4n) is 2.34. The summed E-state index contributed by atoms with van der Waals surface area (Å²) >= 11 is 0. The van der Waals surface area contributed by atoms with E-state index in [0.717, 1.165) is 24.4 Å².